The number of oxime groups is 1. The van der Waals surface area contributed by atoms with Crippen molar-refractivity contribution in [2.75, 3.05) is 7.11 Å². The number of rotatable bonds is 4. The average Bonchev–Trinajstić information content (AvgIpc) is 2.20. The van der Waals surface area contributed by atoms with Gasteiger partial charge >= 0.3 is 0 Å². The second-order valence-corrected chi connectivity index (χ2v) is 2.84. The zero-order chi connectivity index (χ0) is 10.4. The lowest BCUT2D eigenvalue weighted by molar-refractivity contribution is 0.213. The van der Waals surface area contributed by atoms with E-state index in [0.29, 0.717) is 0 Å². The molecule has 74 valence electrons. The quantitative estimate of drug-likeness (QED) is 0.417. The number of hydrogen-bond acceptors (Lipinski definition) is 4. The maximum Gasteiger partial charge on any atom is 0.106 e. The molecule has 1 aromatic rings. The summed E-state index contributed by atoms with van der Waals surface area (Å²) in [6.45, 7) is 2.07. The molecule has 4 nitrogen and oxygen atoms in total. The van der Waals surface area contributed by atoms with Gasteiger partial charge in [0.05, 0.1) is 5.71 Å². The van der Waals surface area contributed by atoms with Crippen molar-refractivity contribution in [1.29, 1.82) is 0 Å². The fraction of sp³-hybridized carbons (Fsp3) is 0.300. The monoisotopic (exact) mass is 192 g/mol. The Balaban J connectivity index is 2.82. The van der Waals surface area contributed by atoms with Gasteiger partial charge in [0.1, 0.15) is 13.7 Å². The first-order valence-corrected chi connectivity index (χ1v) is 4.24. The molecule has 0 aromatic heterocycles. The molecule has 0 atom stereocenters. The minimum Gasteiger partial charge on any atom is -0.399 e. The van der Waals surface area contributed by atoms with E-state index in [1.807, 2.05) is 31.2 Å². The van der Waals surface area contributed by atoms with Gasteiger partial charge in [0.15, 0.2) is 0 Å². The standard InChI is InChI=1S/C10H12N2O2/c1-8(12-14-2)10-5-3-9(4-6-10)7-11-13/h3-6H,7H2,1-2H3/b12-8+. The van der Waals surface area contributed by atoms with Crippen LogP contribution in [0.3, 0.4) is 0 Å². The van der Waals surface area contributed by atoms with Crippen LogP contribution in [-0.2, 0) is 11.4 Å². The van der Waals surface area contributed by atoms with Gasteiger partial charge in [-0.25, -0.2) is 0 Å². The summed E-state index contributed by atoms with van der Waals surface area (Å²) < 4.78 is 0. The van der Waals surface area contributed by atoms with Crippen LogP contribution in [0, 0.1) is 4.91 Å². The van der Waals surface area contributed by atoms with Crippen molar-refractivity contribution in [2.45, 2.75) is 13.5 Å². The van der Waals surface area contributed by atoms with E-state index in [4.69, 9.17) is 0 Å². The van der Waals surface area contributed by atoms with Crippen molar-refractivity contribution < 1.29 is 4.84 Å². The third-order valence-electron chi connectivity index (χ3n) is 1.85. The molecular weight excluding hydrogens is 180 g/mol. The predicted octanol–water partition coefficient (Wildman–Crippen LogP) is 2.32. The highest BCUT2D eigenvalue weighted by atomic mass is 16.6. The van der Waals surface area contributed by atoms with E-state index in [1.54, 1.807) is 0 Å². The molecule has 0 fully saturated rings. The summed E-state index contributed by atoms with van der Waals surface area (Å²) in [6.07, 6.45) is 0. The lowest BCUT2D eigenvalue weighted by atomic mass is 10.1. The molecule has 0 aliphatic heterocycles. The molecule has 0 saturated heterocycles. The molecule has 0 radical (unpaired) electrons. The van der Waals surface area contributed by atoms with Crippen LogP contribution in [0.2, 0.25) is 0 Å². The molecule has 0 N–H and O–H groups in total. The molecule has 1 rings (SSSR count). The largest absolute Gasteiger partial charge is 0.399 e. The number of benzene rings is 1. The van der Waals surface area contributed by atoms with Crippen LogP contribution in [0.1, 0.15) is 18.1 Å². The fourth-order valence-electron chi connectivity index (χ4n) is 1.12. The predicted molar refractivity (Wildman–Crippen MR) is 55.2 cm³/mol. The van der Waals surface area contributed by atoms with Crippen molar-refractivity contribution in [3.05, 3.63) is 40.3 Å². The van der Waals surface area contributed by atoms with Crippen LogP contribution in [0.25, 0.3) is 0 Å². The van der Waals surface area contributed by atoms with Gasteiger partial charge in [0, 0.05) is 0 Å². The van der Waals surface area contributed by atoms with Crippen molar-refractivity contribution in [3.8, 4) is 0 Å². The van der Waals surface area contributed by atoms with E-state index in [9.17, 15) is 4.91 Å². The van der Waals surface area contributed by atoms with E-state index >= 15 is 0 Å². The van der Waals surface area contributed by atoms with Crippen LogP contribution >= 0.6 is 0 Å². The molecule has 0 saturated carbocycles. The third kappa shape index (κ3) is 2.65. The van der Waals surface area contributed by atoms with Gasteiger partial charge in [-0.15, -0.1) is 0 Å². The average molecular weight is 192 g/mol. The first-order valence-electron chi connectivity index (χ1n) is 4.24. The Hall–Kier alpha value is -1.71. The Labute approximate surface area is 82.5 Å². The normalized spacial score (nSPS) is 11.1. The molecule has 0 aliphatic rings. The number of nitrogens with zero attached hydrogens (tertiary/aromatic N) is 2. The molecular formula is C10H12N2O2. The highest BCUT2D eigenvalue weighted by Crippen LogP contribution is 2.06. The SMILES string of the molecule is CO/N=C(\C)c1ccc(CN=O)cc1. The molecule has 14 heavy (non-hydrogen) atoms. The Morgan fingerprint density at radius 3 is 2.50 bits per heavy atom. The maximum atomic E-state index is 10.0. The van der Waals surface area contributed by atoms with Gasteiger partial charge in [-0.1, -0.05) is 34.6 Å². The van der Waals surface area contributed by atoms with Crippen molar-refractivity contribution in [3.63, 3.8) is 0 Å². The zero-order valence-corrected chi connectivity index (χ0v) is 8.23. The highest BCUT2D eigenvalue weighted by Gasteiger charge is 1.98. The summed E-state index contributed by atoms with van der Waals surface area (Å²) in [5.41, 5.74) is 2.67. The van der Waals surface area contributed by atoms with Crippen molar-refractivity contribution in [2.24, 2.45) is 10.3 Å². The summed E-state index contributed by atoms with van der Waals surface area (Å²) in [5, 5.41) is 6.61. The molecule has 0 amide bonds. The Morgan fingerprint density at radius 1 is 1.36 bits per heavy atom. The number of nitroso groups, excluding NO2 is 1. The summed E-state index contributed by atoms with van der Waals surface area (Å²) in [5.74, 6) is 0. The minimum atomic E-state index is 0.209. The Kier molecular flexibility index (Phi) is 3.79. The fourth-order valence-corrected chi connectivity index (χ4v) is 1.12. The molecule has 0 bridgehead atoms. The topological polar surface area (TPSA) is 51.0 Å². The second-order valence-electron chi connectivity index (χ2n) is 2.84. The van der Waals surface area contributed by atoms with Crippen LogP contribution < -0.4 is 0 Å². The Bertz CT molecular complexity index is 330. The number of hydrogen-bond donors (Lipinski definition) is 0. The third-order valence-corrected chi connectivity index (χ3v) is 1.85. The van der Waals surface area contributed by atoms with Crippen LogP contribution in [0.4, 0.5) is 0 Å². The van der Waals surface area contributed by atoms with E-state index in [2.05, 4.69) is 15.2 Å². The van der Waals surface area contributed by atoms with Crippen LogP contribution in [0.15, 0.2) is 34.6 Å². The van der Waals surface area contributed by atoms with Gasteiger partial charge in [-0.2, -0.15) is 4.91 Å². The van der Waals surface area contributed by atoms with E-state index < -0.39 is 0 Å². The second kappa shape index (κ2) is 5.11. The van der Waals surface area contributed by atoms with Gasteiger partial charge < -0.3 is 4.84 Å². The van der Waals surface area contributed by atoms with E-state index in [0.717, 1.165) is 16.8 Å². The Morgan fingerprint density at radius 2 is 2.00 bits per heavy atom. The molecule has 0 heterocycles. The summed E-state index contributed by atoms with van der Waals surface area (Å²) in [7, 11) is 1.51. The molecule has 0 spiro atoms. The minimum absolute atomic E-state index is 0.209. The van der Waals surface area contributed by atoms with Crippen molar-refractivity contribution in [1.82, 2.24) is 0 Å². The van der Waals surface area contributed by atoms with E-state index in [-0.39, 0.29) is 6.54 Å². The van der Waals surface area contributed by atoms with E-state index in [1.165, 1.54) is 7.11 Å². The smallest absolute Gasteiger partial charge is 0.106 e. The van der Waals surface area contributed by atoms with Crippen molar-refractivity contribution >= 4 is 5.71 Å². The summed E-state index contributed by atoms with van der Waals surface area (Å²) >= 11 is 0. The van der Waals surface area contributed by atoms with Gasteiger partial charge in [0.25, 0.3) is 0 Å². The lowest BCUT2D eigenvalue weighted by Gasteiger charge is -2.00. The summed E-state index contributed by atoms with van der Waals surface area (Å²) in [4.78, 5) is 14.7. The van der Waals surface area contributed by atoms with Crippen LogP contribution in [0.5, 0.6) is 0 Å². The molecule has 4 heteroatoms. The first-order chi connectivity index (χ1) is 6.77. The summed E-state index contributed by atoms with van der Waals surface area (Å²) in [6, 6.07) is 7.48. The zero-order valence-electron chi connectivity index (χ0n) is 8.23. The van der Waals surface area contributed by atoms with Gasteiger partial charge in [-0.05, 0) is 18.1 Å². The molecule has 0 unspecified atom stereocenters. The van der Waals surface area contributed by atoms with Gasteiger partial charge in [0.2, 0.25) is 0 Å². The first kappa shape index (κ1) is 10.4. The van der Waals surface area contributed by atoms with Gasteiger partial charge in [-0.3, -0.25) is 0 Å². The molecule has 1 aromatic carbocycles. The van der Waals surface area contributed by atoms with Crippen LogP contribution in [-0.4, -0.2) is 12.8 Å². The lowest BCUT2D eigenvalue weighted by Crippen LogP contribution is -1.95. The maximum absolute atomic E-state index is 10.0. The molecule has 0 aliphatic carbocycles. The highest BCUT2D eigenvalue weighted by molar-refractivity contribution is 5.98.